The second-order valence-corrected chi connectivity index (χ2v) is 8.27. The summed E-state index contributed by atoms with van der Waals surface area (Å²) in [6.07, 6.45) is -2.05. The lowest BCUT2D eigenvalue weighted by Gasteiger charge is -2.22. The Morgan fingerprint density at radius 3 is 2.53 bits per heavy atom. The molecule has 180 valence electrons. The van der Waals surface area contributed by atoms with Gasteiger partial charge >= 0.3 is 6.18 Å². The van der Waals surface area contributed by atoms with Gasteiger partial charge in [0.05, 0.1) is 23.7 Å². The van der Waals surface area contributed by atoms with Crippen LogP contribution in [0.1, 0.15) is 17.2 Å². The third kappa shape index (κ3) is 5.57. The van der Waals surface area contributed by atoms with Crippen molar-refractivity contribution in [1.82, 2.24) is 24.0 Å². The number of likely N-dealkylation sites (N-methyl/N-ethyl adjacent to an activating group) is 1. The lowest BCUT2D eigenvalue weighted by molar-refractivity contribution is -0.147. The van der Waals surface area contributed by atoms with Crippen molar-refractivity contribution in [2.45, 2.75) is 32.0 Å². The van der Waals surface area contributed by atoms with E-state index in [9.17, 15) is 18.3 Å². The zero-order chi connectivity index (χ0) is 24.3. The molecule has 0 aliphatic rings. The molecule has 0 saturated heterocycles. The molecular formula is C24H26F3N5O2. The number of benzene rings is 2. The summed E-state index contributed by atoms with van der Waals surface area (Å²) in [5.74, 6) is 0.523. The van der Waals surface area contributed by atoms with Gasteiger partial charge in [0.2, 0.25) is 5.82 Å². The molecule has 1 unspecified atom stereocenters. The number of aromatic nitrogens is 4. The molecule has 1 N–H and O–H groups in total. The van der Waals surface area contributed by atoms with Crippen molar-refractivity contribution < 1.29 is 23.0 Å². The molecule has 10 heteroatoms. The normalized spacial score (nSPS) is 13.0. The molecule has 34 heavy (non-hydrogen) atoms. The molecule has 0 radical (unpaired) electrons. The summed E-state index contributed by atoms with van der Waals surface area (Å²) < 4.78 is 49.1. The van der Waals surface area contributed by atoms with Crippen LogP contribution in [0.2, 0.25) is 0 Å². The fraction of sp³-hybridized carbons (Fsp3) is 0.333. The number of rotatable bonds is 9. The van der Waals surface area contributed by atoms with Crippen LogP contribution < -0.4 is 4.74 Å². The quantitative estimate of drug-likeness (QED) is 0.400. The third-order valence-electron chi connectivity index (χ3n) is 5.49. The lowest BCUT2D eigenvalue weighted by Crippen LogP contribution is -2.32. The second-order valence-electron chi connectivity index (χ2n) is 8.27. The van der Waals surface area contributed by atoms with Gasteiger partial charge in [-0.15, -0.1) is 0 Å². The first-order chi connectivity index (χ1) is 16.2. The molecule has 2 heterocycles. The maximum Gasteiger partial charge on any atom is 0.449 e. The molecular weight excluding hydrogens is 447 g/mol. The Bertz CT molecular complexity index is 1230. The topological polar surface area (TPSA) is 68.3 Å². The summed E-state index contributed by atoms with van der Waals surface area (Å²) in [6.45, 7) is 0.867. The van der Waals surface area contributed by atoms with Crippen LogP contribution in [-0.2, 0) is 32.9 Å². The minimum Gasteiger partial charge on any atom is -0.486 e. The van der Waals surface area contributed by atoms with Gasteiger partial charge in [-0.3, -0.25) is 4.90 Å². The van der Waals surface area contributed by atoms with Crippen molar-refractivity contribution in [2.75, 3.05) is 13.6 Å². The zero-order valence-electron chi connectivity index (χ0n) is 18.9. The number of alkyl halides is 3. The Labute approximate surface area is 195 Å². The highest BCUT2D eigenvalue weighted by atomic mass is 19.4. The van der Waals surface area contributed by atoms with Gasteiger partial charge in [0.25, 0.3) is 0 Å². The van der Waals surface area contributed by atoms with Gasteiger partial charge in [-0.25, -0.2) is 9.97 Å². The predicted octanol–water partition coefficient (Wildman–Crippen LogP) is 3.86. The van der Waals surface area contributed by atoms with Crippen LogP contribution in [0, 0.1) is 0 Å². The number of nitrogens with zero attached hydrogens (tertiary/aromatic N) is 5. The summed E-state index contributed by atoms with van der Waals surface area (Å²) in [4.78, 5) is 9.80. The number of hydrogen-bond acceptors (Lipinski definition) is 5. The van der Waals surface area contributed by atoms with Crippen LogP contribution in [0.4, 0.5) is 13.2 Å². The number of hydrogen-bond donors (Lipinski definition) is 1. The van der Waals surface area contributed by atoms with Gasteiger partial charge in [0, 0.05) is 32.5 Å². The molecule has 4 rings (SSSR count). The molecule has 7 nitrogen and oxygen atoms in total. The number of aliphatic hydroxyl groups excluding tert-OH is 1. The predicted molar refractivity (Wildman–Crippen MR) is 121 cm³/mol. The third-order valence-corrected chi connectivity index (χ3v) is 5.49. The number of para-hydroxylation sites is 2. The molecule has 0 amide bonds. The fourth-order valence-corrected chi connectivity index (χ4v) is 3.86. The van der Waals surface area contributed by atoms with E-state index in [2.05, 4.69) is 9.97 Å². The van der Waals surface area contributed by atoms with Gasteiger partial charge in [0.15, 0.2) is 0 Å². The summed E-state index contributed by atoms with van der Waals surface area (Å²) in [5, 5.41) is 10.6. The van der Waals surface area contributed by atoms with Crippen molar-refractivity contribution in [3.8, 4) is 5.75 Å². The summed E-state index contributed by atoms with van der Waals surface area (Å²) in [5.41, 5.74) is 1.58. The van der Waals surface area contributed by atoms with Gasteiger partial charge in [-0.05, 0) is 36.9 Å². The van der Waals surface area contributed by atoms with E-state index in [0.717, 1.165) is 16.0 Å². The highest BCUT2D eigenvalue weighted by Crippen LogP contribution is 2.31. The van der Waals surface area contributed by atoms with Crippen LogP contribution in [0.3, 0.4) is 0 Å². The molecule has 0 bridgehead atoms. The minimum absolute atomic E-state index is 0.196. The zero-order valence-corrected chi connectivity index (χ0v) is 18.9. The standard InChI is InChI=1S/C24H26F3N5O2/c1-30(13-17-7-9-19(10-8-17)34-16-22-28-11-12-31(22)2)14-18(33)15-32-21-6-4-3-5-20(21)29-23(32)24(25,26)27/h3-12,18,33H,13-16H2,1-2H3. The average molecular weight is 473 g/mol. The number of aliphatic hydroxyl groups is 1. The molecule has 0 spiro atoms. The van der Waals surface area contributed by atoms with E-state index in [0.29, 0.717) is 24.4 Å². The molecule has 0 fully saturated rings. The molecule has 2 aromatic carbocycles. The Balaban J connectivity index is 1.34. The monoisotopic (exact) mass is 473 g/mol. The van der Waals surface area contributed by atoms with E-state index >= 15 is 0 Å². The fourth-order valence-electron chi connectivity index (χ4n) is 3.86. The summed E-state index contributed by atoms with van der Waals surface area (Å²) in [6, 6.07) is 14.0. The minimum atomic E-state index is -4.61. The van der Waals surface area contributed by atoms with Crippen molar-refractivity contribution in [3.63, 3.8) is 0 Å². The van der Waals surface area contributed by atoms with Crippen molar-refractivity contribution in [2.24, 2.45) is 7.05 Å². The smallest absolute Gasteiger partial charge is 0.449 e. The number of halogens is 3. The van der Waals surface area contributed by atoms with Gasteiger partial charge < -0.3 is 19.0 Å². The maximum atomic E-state index is 13.5. The lowest BCUT2D eigenvalue weighted by atomic mass is 10.2. The highest BCUT2D eigenvalue weighted by molar-refractivity contribution is 5.76. The number of ether oxygens (including phenoxy) is 1. The SMILES string of the molecule is CN(Cc1ccc(OCc2nccn2C)cc1)CC(O)Cn1c(C(F)(F)F)nc2ccccc21. The first kappa shape index (κ1) is 23.8. The summed E-state index contributed by atoms with van der Waals surface area (Å²) in [7, 11) is 3.71. The molecule has 1 atom stereocenters. The number of fused-ring (bicyclic) bond motifs is 1. The van der Waals surface area contributed by atoms with Crippen LogP contribution in [0.25, 0.3) is 11.0 Å². The molecule has 2 aromatic heterocycles. The molecule has 0 saturated carbocycles. The molecule has 4 aromatic rings. The van der Waals surface area contributed by atoms with E-state index in [4.69, 9.17) is 4.74 Å². The molecule has 0 aliphatic heterocycles. The first-order valence-electron chi connectivity index (χ1n) is 10.8. The van der Waals surface area contributed by atoms with E-state index in [-0.39, 0.29) is 18.6 Å². The average Bonchev–Trinajstić information content (AvgIpc) is 3.36. The Hall–Kier alpha value is -3.37. The highest BCUT2D eigenvalue weighted by Gasteiger charge is 2.38. The van der Waals surface area contributed by atoms with Crippen LogP contribution in [0.5, 0.6) is 5.75 Å². The van der Waals surface area contributed by atoms with Crippen molar-refractivity contribution in [3.05, 3.63) is 78.1 Å². The van der Waals surface area contributed by atoms with Gasteiger partial charge in [-0.1, -0.05) is 24.3 Å². The Morgan fingerprint density at radius 2 is 1.85 bits per heavy atom. The summed E-state index contributed by atoms with van der Waals surface area (Å²) >= 11 is 0. The Kier molecular flexibility index (Phi) is 6.90. The van der Waals surface area contributed by atoms with E-state index in [1.54, 1.807) is 24.4 Å². The number of imidazole rings is 2. The van der Waals surface area contributed by atoms with Crippen molar-refractivity contribution >= 4 is 11.0 Å². The Morgan fingerprint density at radius 1 is 1.12 bits per heavy atom. The van der Waals surface area contributed by atoms with Gasteiger partial charge in [-0.2, -0.15) is 13.2 Å². The molecule has 0 aliphatic carbocycles. The van der Waals surface area contributed by atoms with Crippen LogP contribution >= 0.6 is 0 Å². The van der Waals surface area contributed by atoms with E-state index < -0.39 is 18.1 Å². The largest absolute Gasteiger partial charge is 0.486 e. The first-order valence-corrected chi connectivity index (χ1v) is 10.8. The van der Waals surface area contributed by atoms with Crippen molar-refractivity contribution in [1.29, 1.82) is 0 Å². The second kappa shape index (κ2) is 9.86. The van der Waals surface area contributed by atoms with Crippen LogP contribution in [-0.4, -0.2) is 48.8 Å². The maximum absolute atomic E-state index is 13.5. The van der Waals surface area contributed by atoms with E-state index in [1.165, 1.54) is 6.07 Å². The number of aryl methyl sites for hydroxylation is 1. The van der Waals surface area contributed by atoms with Gasteiger partial charge in [0.1, 0.15) is 18.2 Å². The van der Waals surface area contributed by atoms with Crippen LogP contribution in [0.15, 0.2) is 60.9 Å². The van der Waals surface area contributed by atoms with E-state index in [1.807, 2.05) is 54.0 Å².